The van der Waals surface area contributed by atoms with Gasteiger partial charge in [0, 0.05) is 0 Å². The van der Waals surface area contributed by atoms with Crippen molar-refractivity contribution in [3.05, 3.63) is 23.7 Å². The molecule has 0 aromatic carbocycles. The summed E-state index contributed by atoms with van der Waals surface area (Å²) in [5.41, 5.74) is 0. The molecule has 1 aliphatic carbocycles. The maximum atomic E-state index is 10.7. The summed E-state index contributed by atoms with van der Waals surface area (Å²) in [6, 6.07) is 3.16. The Labute approximate surface area is 107 Å². The van der Waals surface area contributed by atoms with Crippen LogP contribution < -0.4 is 0 Å². The molecule has 0 saturated heterocycles. The van der Waals surface area contributed by atoms with Crippen LogP contribution in [0, 0.1) is 0 Å². The number of furan rings is 1. The van der Waals surface area contributed by atoms with Crippen LogP contribution in [0.5, 0.6) is 0 Å². The van der Waals surface area contributed by atoms with Gasteiger partial charge >= 0.3 is 5.97 Å². The minimum Gasteiger partial charge on any atom is -0.475 e. The fourth-order valence-electron chi connectivity index (χ4n) is 2.42. The molecule has 1 aliphatic rings. The van der Waals surface area contributed by atoms with Crippen molar-refractivity contribution < 1.29 is 19.1 Å². The van der Waals surface area contributed by atoms with Gasteiger partial charge in [0.05, 0.1) is 6.10 Å². The van der Waals surface area contributed by atoms with Gasteiger partial charge in [-0.05, 0) is 31.9 Å². The van der Waals surface area contributed by atoms with Gasteiger partial charge in [-0.3, -0.25) is 0 Å². The van der Waals surface area contributed by atoms with Gasteiger partial charge in [0.25, 0.3) is 0 Å². The van der Waals surface area contributed by atoms with Crippen LogP contribution in [-0.4, -0.2) is 17.2 Å². The van der Waals surface area contributed by atoms with E-state index in [1.807, 2.05) is 6.92 Å². The molecule has 4 heteroatoms. The van der Waals surface area contributed by atoms with Crippen molar-refractivity contribution in [1.82, 2.24) is 0 Å². The molecule has 0 radical (unpaired) electrons. The van der Waals surface area contributed by atoms with Crippen LogP contribution in [0.4, 0.5) is 0 Å². The van der Waals surface area contributed by atoms with Crippen LogP contribution in [0.3, 0.4) is 0 Å². The first kappa shape index (κ1) is 13.1. The lowest BCUT2D eigenvalue weighted by Gasteiger charge is -2.19. The van der Waals surface area contributed by atoms with E-state index in [0.717, 1.165) is 12.8 Å². The highest BCUT2D eigenvalue weighted by Crippen LogP contribution is 2.27. The SMILES string of the molecule is CC(OC1CCCCCC1)c1ccc(C(=O)O)o1. The van der Waals surface area contributed by atoms with Crippen LogP contribution in [0.1, 0.15) is 67.9 Å². The van der Waals surface area contributed by atoms with E-state index in [2.05, 4.69) is 0 Å². The Kier molecular flexibility index (Phi) is 4.42. The van der Waals surface area contributed by atoms with E-state index < -0.39 is 5.97 Å². The van der Waals surface area contributed by atoms with E-state index in [0.29, 0.717) is 5.76 Å². The molecule has 100 valence electrons. The molecule has 0 spiro atoms. The first-order chi connectivity index (χ1) is 8.66. The minimum absolute atomic E-state index is 0.0266. The molecule has 1 N–H and O–H groups in total. The summed E-state index contributed by atoms with van der Waals surface area (Å²) in [7, 11) is 0. The van der Waals surface area contributed by atoms with Gasteiger partial charge in [0.1, 0.15) is 11.9 Å². The molecule has 18 heavy (non-hydrogen) atoms. The summed E-state index contributed by atoms with van der Waals surface area (Å²) in [6.45, 7) is 1.91. The molecule has 1 aromatic rings. The number of aromatic carboxylic acids is 1. The number of carbonyl (C=O) groups is 1. The molecule has 1 heterocycles. The summed E-state index contributed by atoms with van der Waals surface area (Å²) < 4.78 is 11.2. The zero-order valence-corrected chi connectivity index (χ0v) is 10.7. The molecule has 1 saturated carbocycles. The fraction of sp³-hybridized carbons (Fsp3) is 0.643. The summed E-state index contributed by atoms with van der Waals surface area (Å²) >= 11 is 0. The third-order valence-corrected chi connectivity index (χ3v) is 3.44. The third kappa shape index (κ3) is 3.35. The Morgan fingerprint density at radius 2 is 2.00 bits per heavy atom. The predicted molar refractivity (Wildman–Crippen MR) is 66.7 cm³/mol. The van der Waals surface area contributed by atoms with Gasteiger partial charge in [-0.1, -0.05) is 25.7 Å². The van der Waals surface area contributed by atoms with Crippen molar-refractivity contribution in [1.29, 1.82) is 0 Å². The van der Waals surface area contributed by atoms with E-state index in [1.165, 1.54) is 31.7 Å². The molecule has 0 amide bonds. The largest absolute Gasteiger partial charge is 0.475 e. The van der Waals surface area contributed by atoms with Gasteiger partial charge in [-0.2, -0.15) is 0 Å². The summed E-state index contributed by atoms with van der Waals surface area (Å²) in [6.07, 6.45) is 7.30. The van der Waals surface area contributed by atoms with Gasteiger partial charge in [-0.15, -0.1) is 0 Å². The highest BCUT2D eigenvalue weighted by atomic mass is 16.5. The molecule has 1 unspecified atom stereocenters. The molecular weight excluding hydrogens is 232 g/mol. The smallest absolute Gasteiger partial charge is 0.371 e. The fourth-order valence-corrected chi connectivity index (χ4v) is 2.42. The topological polar surface area (TPSA) is 59.7 Å². The van der Waals surface area contributed by atoms with Crippen LogP contribution in [0.25, 0.3) is 0 Å². The lowest BCUT2D eigenvalue weighted by atomic mass is 10.1. The lowest BCUT2D eigenvalue weighted by Crippen LogP contribution is -2.14. The maximum absolute atomic E-state index is 10.7. The van der Waals surface area contributed by atoms with Crippen molar-refractivity contribution in [2.24, 2.45) is 0 Å². The summed E-state index contributed by atoms with van der Waals surface area (Å²) in [5, 5.41) is 8.80. The van der Waals surface area contributed by atoms with Crippen molar-refractivity contribution >= 4 is 5.97 Å². The molecule has 1 atom stereocenters. The number of hydrogen-bond acceptors (Lipinski definition) is 3. The number of hydrogen-bond donors (Lipinski definition) is 1. The highest BCUT2D eigenvalue weighted by molar-refractivity contribution is 5.84. The van der Waals surface area contributed by atoms with Gasteiger partial charge < -0.3 is 14.3 Å². The maximum Gasteiger partial charge on any atom is 0.371 e. The van der Waals surface area contributed by atoms with Crippen LogP contribution in [0.15, 0.2) is 16.5 Å². The Morgan fingerprint density at radius 3 is 2.56 bits per heavy atom. The average molecular weight is 252 g/mol. The molecule has 0 aliphatic heterocycles. The highest BCUT2D eigenvalue weighted by Gasteiger charge is 2.20. The van der Waals surface area contributed by atoms with Gasteiger partial charge in [-0.25, -0.2) is 4.79 Å². The molecule has 0 bridgehead atoms. The van der Waals surface area contributed by atoms with E-state index in [-0.39, 0.29) is 18.0 Å². The number of rotatable bonds is 4. The second kappa shape index (κ2) is 6.05. The third-order valence-electron chi connectivity index (χ3n) is 3.44. The van der Waals surface area contributed by atoms with Crippen molar-refractivity contribution in [2.45, 2.75) is 57.7 Å². The summed E-state index contributed by atoms with van der Waals surface area (Å²) in [5.74, 6) is -0.471. The standard InChI is InChI=1S/C14H20O4/c1-10(12-8-9-13(18-12)14(15)16)17-11-6-4-2-3-5-7-11/h8-11H,2-7H2,1H3,(H,15,16). The van der Waals surface area contributed by atoms with E-state index in [9.17, 15) is 4.79 Å². The monoisotopic (exact) mass is 252 g/mol. The van der Waals surface area contributed by atoms with Crippen molar-refractivity contribution in [3.63, 3.8) is 0 Å². The number of ether oxygens (including phenoxy) is 1. The van der Waals surface area contributed by atoms with Crippen LogP contribution in [-0.2, 0) is 4.74 Å². The van der Waals surface area contributed by atoms with Crippen LogP contribution >= 0.6 is 0 Å². The van der Waals surface area contributed by atoms with Crippen molar-refractivity contribution in [2.75, 3.05) is 0 Å². The minimum atomic E-state index is -1.04. The first-order valence-corrected chi connectivity index (χ1v) is 6.65. The second-order valence-electron chi connectivity index (χ2n) is 4.90. The van der Waals surface area contributed by atoms with Gasteiger partial charge in [0.2, 0.25) is 5.76 Å². The summed E-state index contributed by atoms with van der Waals surface area (Å²) in [4.78, 5) is 10.7. The average Bonchev–Trinajstić information content (AvgIpc) is 2.70. The molecule has 1 aromatic heterocycles. The van der Waals surface area contributed by atoms with E-state index >= 15 is 0 Å². The first-order valence-electron chi connectivity index (χ1n) is 6.65. The zero-order valence-electron chi connectivity index (χ0n) is 10.7. The Hall–Kier alpha value is -1.29. The lowest BCUT2D eigenvalue weighted by molar-refractivity contribution is -0.0215. The predicted octanol–water partition coefficient (Wildman–Crippen LogP) is 3.78. The Morgan fingerprint density at radius 1 is 1.33 bits per heavy atom. The van der Waals surface area contributed by atoms with E-state index in [4.69, 9.17) is 14.3 Å². The molecule has 2 rings (SSSR count). The normalized spacial score (nSPS) is 19.4. The second-order valence-corrected chi connectivity index (χ2v) is 4.90. The Bertz CT molecular complexity index is 388. The van der Waals surface area contributed by atoms with Crippen molar-refractivity contribution in [3.8, 4) is 0 Å². The molecular formula is C14H20O4. The number of carboxylic acid groups (broad SMARTS) is 1. The zero-order chi connectivity index (χ0) is 13.0. The molecule has 1 fully saturated rings. The number of carboxylic acids is 1. The Balaban J connectivity index is 1.93. The van der Waals surface area contributed by atoms with Crippen LogP contribution in [0.2, 0.25) is 0 Å². The van der Waals surface area contributed by atoms with Gasteiger partial charge in [0.15, 0.2) is 0 Å². The molecule has 4 nitrogen and oxygen atoms in total. The van der Waals surface area contributed by atoms with E-state index in [1.54, 1.807) is 6.07 Å². The quantitative estimate of drug-likeness (QED) is 0.828.